The zero-order valence-electron chi connectivity index (χ0n) is 12.2. The Morgan fingerprint density at radius 1 is 1.40 bits per heavy atom. The van der Waals surface area contributed by atoms with E-state index in [1.807, 2.05) is 0 Å². The summed E-state index contributed by atoms with van der Waals surface area (Å²) in [5.41, 5.74) is 0. The van der Waals surface area contributed by atoms with E-state index in [-0.39, 0.29) is 6.04 Å². The van der Waals surface area contributed by atoms with E-state index in [4.69, 9.17) is 0 Å². The summed E-state index contributed by atoms with van der Waals surface area (Å²) in [6, 6.07) is 0.0778. The number of methoxy groups -OCH3 is 1. The number of rotatable bonds is 6. The monoisotopic (exact) mass is 304 g/mol. The zero-order valence-corrected chi connectivity index (χ0v) is 13.0. The number of sulfonamides is 1. The maximum atomic E-state index is 12.6. The van der Waals surface area contributed by atoms with Gasteiger partial charge < -0.3 is 10.1 Å². The first kappa shape index (κ1) is 15.7. The summed E-state index contributed by atoms with van der Waals surface area (Å²) in [6.45, 7) is 3.79. The number of carbonyl (C=O) groups excluding carboxylic acids is 1. The maximum absolute atomic E-state index is 12.6. The number of hydrogen-bond acceptors (Lipinski definition) is 5. The van der Waals surface area contributed by atoms with Gasteiger partial charge in [-0.15, -0.1) is 0 Å². The van der Waals surface area contributed by atoms with E-state index in [1.165, 1.54) is 14.0 Å². The van der Waals surface area contributed by atoms with Crippen LogP contribution < -0.4 is 5.32 Å². The third kappa shape index (κ3) is 3.51. The van der Waals surface area contributed by atoms with Gasteiger partial charge in [-0.3, -0.25) is 4.79 Å². The predicted octanol–water partition coefficient (Wildman–Crippen LogP) is 0.342. The van der Waals surface area contributed by atoms with E-state index < -0.39 is 21.2 Å². The van der Waals surface area contributed by atoms with Crippen LogP contribution >= 0.6 is 0 Å². The predicted molar refractivity (Wildman–Crippen MR) is 75.7 cm³/mol. The highest BCUT2D eigenvalue weighted by molar-refractivity contribution is 7.90. The van der Waals surface area contributed by atoms with Crippen LogP contribution in [-0.4, -0.2) is 56.7 Å². The second-order valence-electron chi connectivity index (χ2n) is 5.72. The molecule has 7 heteroatoms. The Bertz CT molecular complexity index is 441. The lowest BCUT2D eigenvalue weighted by atomic mass is 10.00. The van der Waals surface area contributed by atoms with Crippen molar-refractivity contribution in [2.24, 2.45) is 5.92 Å². The van der Waals surface area contributed by atoms with Crippen LogP contribution in [0, 0.1) is 5.92 Å². The topological polar surface area (TPSA) is 75.7 Å². The molecule has 1 saturated carbocycles. The molecule has 1 aliphatic carbocycles. The van der Waals surface area contributed by atoms with E-state index in [0.717, 1.165) is 38.8 Å². The van der Waals surface area contributed by atoms with E-state index >= 15 is 0 Å². The van der Waals surface area contributed by atoms with Crippen molar-refractivity contribution >= 4 is 16.0 Å². The zero-order chi connectivity index (χ0) is 14.8. The SMILES string of the molecule is COC(=O)C(C)S(=O)(=O)N(CC1CCCNC1)C1CC1. The molecule has 0 amide bonds. The Balaban J connectivity index is 2.08. The molecule has 6 nitrogen and oxygen atoms in total. The van der Waals surface area contributed by atoms with Crippen molar-refractivity contribution in [3.8, 4) is 0 Å². The van der Waals surface area contributed by atoms with E-state index in [9.17, 15) is 13.2 Å². The minimum Gasteiger partial charge on any atom is -0.468 e. The number of hydrogen-bond donors (Lipinski definition) is 1. The smallest absolute Gasteiger partial charge is 0.325 e. The second-order valence-corrected chi connectivity index (χ2v) is 7.93. The summed E-state index contributed by atoms with van der Waals surface area (Å²) in [5.74, 6) is -0.346. The molecule has 0 aromatic carbocycles. The summed E-state index contributed by atoms with van der Waals surface area (Å²) >= 11 is 0. The van der Waals surface area contributed by atoms with Crippen molar-refractivity contribution in [3.05, 3.63) is 0 Å². The van der Waals surface area contributed by atoms with Crippen LogP contribution in [0.4, 0.5) is 0 Å². The molecule has 1 aliphatic heterocycles. The largest absolute Gasteiger partial charge is 0.468 e. The minimum atomic E-state index is -3.62. The first-order chi connectivity index (χ1) is 9.46. The van der Waals surface area contributed by atoms with Crippen molar-refractivity contribution in [2.45, 2.75) is 43.9 Å². The molecular formula is C13H24N2O4S. The molecule has 2 atom stereocenters. The normalized spacial score (nSPS) is 25.4. The molecule has 1 heterocycles. The number of carbonyl (C=O) groups is 1. The first-order valence-electron chi connectivity index (χ1n) is 7.26. The number of esters is 1. The molecule has 0 aromatic heterocycles. The van der Waals surface area contributed by atoms with Crippen molar-refractivity contribution in [1.82, 2.24) is 9.62 Å². The van der Waals surface area contributed by atoms with Gasteiger partial charge in [0.15, 0.2) is 5.25 Å². The number of nitrogens with zero attached hydrogens (tertiary/aromatic N) is 1. The van der Waals surface area contributed by atoms with Crippen molar-refractivity contribution in [1.29, 1.82) is 0 Å². The van der Waals surface area contributed by atoms with E-state index in [1.54, 1.807) is 4.31 Å². The van der Waals surface area contributed by atoms with Crippen LogP contribution in [0.25, 0.3) is 0 Å². The van der Waals surface area contributed by atoms with Gasteiger partial charge in [0.2, 0.25) is 10.0 Å². The summed E-state index contributed by atoms with van der Waals surface area (Å²) in [6.07, 6.45) is 3.91. The standard InChI is InChI=1S/C13H24N2O4S/c1-10(13(16)19-2)20(17,18)15(12-5-6-12)9-11-4-3-7-14-8-11/h10-12,14H,3-9H2,1-2H3. The van der Waals surface area contributed by atoms with Gasteiger partial charge in [-0.2, -0.15) is 4.31 Å². The Morgan fingerprint density at radius 3 is 2.60 bits per heavy atom. The van der Waals surface area contributed by atoms with Crippen LogP contribution in [0.3, 0.4) is 0 Å². The van der Waals surface area contributed by atoms with Crippen LogP contribution in [0.2, 0.25) is 0 Å². The molecule has 1 N–H and O–H groups in total. The van der Waals surface area contributed by atoms with Crippen LogP contribution in [-0.2, 0) is 19.6 Å². The van der Waals surface area contributed by atoms with Gasteiger partial charge in [0.25, 0.3) is 0 Å². The Labute approximate surface area is 120 Å². The van der Waals surface area contributed by atoms with Gasteiger partial charge in [-0.25, -0.2) is 8.42 Å². The van der Waals surface area contributed by atoms with Crippen LogP contribution in [0.1, 0.15) is 32.6 Å². The molecule has 2 unspecified atom stereocenters. The lowest BCUT2D eigenvalue weighted by molar-refractivity contribution is -0.139. The van der Waals surface area contributed by atoms with Crippen molar-refractivity contribution in [2.75, 3.05) is 26.7 Å². The molecule has 0 bridgehead atoms. The molecule has 1 saturated heterocycles. The van der Waals surface area contributed by atoms with Crippen LogP contribution in [0.15, 0.2) is 0 Å². The summed E-state index contributed by atoms with van der Waals surface area (Å²) < 4.78 is 31.3. The van der Waals surface area contributed by atoms with Gasteiger partial charge in [0.1, 0.15) is 0 Å². The summed E-state index contributed by atoms with van der Waals surface area (Å²) in [5, 5.41) is 2.18. The average Bonchev–Trinajstić information content (AvgIpc) is 3.28. The van der Waals surface area contributed by atoms with E-state index in [0.29, 0.717) is 12.5 Å². The summed E-state index contributed by atoms with van der Waals surface area (Å²) in [7, 11) is -2.39. The minimum absolute atomic E-state index is 0.0778. The first-order valence-corrected chi connectivity index (χ1v) is 8.76. The maximum Gasteiger partial charge on any atom is 0.325 e. The van der Waals surface area contributed by atoms with E-state index in [2.05, 4.69) is 10.1 Å². The lowest BCUT2D eigenvalue weighted by Crippen LogP contribution is -2.47. The number of ether oxygens (including phenoxy) is 1. The molecule has 20 heavy (non-hydrogen) atoms. The molecule has 2 rings (SSSR count). The Hall–Kier alpha value is -0.660. The van der Waals surface area contributed by atoms with Gasteiger partial charge in [-0.05, 0) is 51.6 Å². The van der Waals surface area contributed by atoms with Crippen molar-refractivity contribution < 1.29 is 17.9 Å². The van der Waals surface area contributed by atoms with Crippen molar-refractivity contribution in [3.63, 3.8) is 0 Å². The fraction of sp³-hybridized carbons (Fsp3) is 0.923. The molecule has 2 aliphatic rings. The molecule has 116 valence electrons. The van der Waals surface area contributed by atoms with Crippen LogP contribution in [0.5, 0.6) is 0 Å². The fourth-order valence-electron chi connectivity index (χ4n) is 2.65. The quantitative estimate of drug-likeness (QED) is 0.716. The molecule has 2 fully saturated rings. The molecule has 0 radical (unpaired) electrons. The Morgan fingerprint density at radius 2 is 2.10 bits per heavy atom. The molecule has 0 aromatic rings. The number of nitrogens with one attached hydrogen (secondary N) is 1. The number of piperidine rings is 1. The van der Waals surface area contributed by atoms with Gasteiger partial charge >= 0.3 is 5.97 Å². The highest BCUT2D eigenvalue weighted by atomic mass is 32.2. The van der Waals surface area contributed by atoms with Gasteiger partial charge in [0.05, 0.1) is 7.11 Å². The lowest BCUT2D eigenvalue weighted by Gasteiger charge is -2.30. The second kappa shape index (κ2) is 6.41. The highest BCUT2D eigenvalue weighted by Crippen LogP contribution is 2.32. The molecular weight excluding hydrogens is 280 g/mol. The average molecular weight is 304 g/mol. The summed E-state index contributed by atoms with van der Waals surface area (Å²) in [4.78, 5) is 11.6. The Kier molecular flexibility index (Phi) is 5.04. The highest BCUT2D eigenvalue weighted by Gasteiger charge is 2.43. The van der Waals surface area contributed by atoms with Gasteiger partial charge in [-0.1, -0.05) is 0 Å². The van der Waals surface area contributed by atoms with Gasteiger partial charge in [0, 0.05) is 12.6 Å². The third-order valence-electron chi connectivity index (χ3n) is 4.10. The third-order valence-corrected chi connectivity index (χ3v) is 6.28. The fourth-order valence-corrected chi connectivity index (χ4v) is 4.44. The molecule has 0 spiro atoms.